The van der Waals surface area contributed by atoms with E-state index in [2.05, 4.69) is 6.07 Å². The van der Waals surface area contributed by atoms with Crippen molar-refractivity contribution in [2.45, 2.75) is 0 Å². The summed E-state index contributed by atoms with van der Waals surface area (Å²) in [5.41, 5.74) is 2.63. The van der Waals surface area contributed by atoms with Gasteiger partial charge in [-0.3, -0.25) is 4.79 Å². The van der Waals surface area contributed by atoms with Crippen molar-refractivity contribution in [3.63, 3.8) is 0 Å². The zero-order chi connectivity index (χ0) is 23.8. The fourth-order valence-corrected chi connectivity index (χ4v) is 4.12. The van der Waals surface area contributed by atoms with Crippen LogP contribution in [-0.2, 0) is 10.0 Å². The van der Waals surface area contributed by atoms with Gasteiger partial charge >= 0.3 is 0 Å². The van der Waals surface area contributed by atoms with E-state index in [1.54, 1.807) is 36.1 Å². The highest BCUT2D eigenvalue weighted by Crippen LogP contribution is 2.36. The van der Waals surface area contributed by atoms with Crippen LogP contribution in [0.5, 0.6) is 5.75 Å². The van der Waals surface area contributed by atoms with Crippen LogP contribution in [0.2, 0.25) is 5.02 Å². The van der Waals surface area contributed by atoms with Gasteiger partial charge in [-0.1, -0.05) is 23.7 Å². The van der Waals surface area contributed by atoms with Gasteiger partial charge in [0.1, 0.15) is 17.5 Å². The molecule has 0 spiro atoms. The molecule has 0 saturated carbocycles. The summed E-state index contributed by atoms with van der Waals surface area (Å²) in [5.74, 6) is -0.204. The van der Waals surface area contributed by atoms with E-state index in [0.29, 0.717) is 27.7 Å². The maximum Gasteiger partial charge on any atom is 0.264 e. The average molecular weight is 481 g/mol. The first kappa shape index (κ1) is 22.3. The molecule has 0 aliphatic rings. The van der Waals surface area contributed by atoms with Crippen LogP contribution in [0, 0.1) is 11.3 Å². The van der Waals surface area contributed by atoms with Crippen LogP contribution in [-0.4, -0.2) is 37.5 Å². The van der Waals surface area contributed by atoms with E-state index in [1.165, 1.54) is 12.1 Å². The maximum atomic E-state index is 12.2. The van der Waals surface area contributed by atoms with Crippen molar-refractivity contribution < 1.29 is 17.9 Å². The quantitative estimate of drug-likeness (QED) is 0.463. The van der Waals surface area contributed by atoms with Crippen molar-refractivity contribution in [1.82, 2.24) is 14.5 Å². The molecule has 3 aromatic carbocycles. The molecular formula is C23H17ClN4O4S. The minimum Gasteiger partial charge on any atom is -0.496 e. The zero-order valence-electron chi connectivity index (χ0n) is 17.5. The minimum atomic E-state index is -3.74. The Labute approximate surface area is 195 Å². The molecule has 0 saturated heterocycles. The number of carbonyl (C=O) groups is 1. The third kappa shape index (κ3) is 4.39. The van der Waals surface area contributed by atoms with Crippen molar-refractivity contribution >= 4 is 38.4 Å². The molecule has 0 unspecified atom stereocenters. The van der Waals surface area contributed by atoms with Gasteiger partial charge in [-0.05, 0) is 48.5 Å². The van der Waals surface area contributed by atoms with Gasteiger partial charge in [0, 0.05) is 21.5 Å². The first-order valence-corrected chi connectivity index (χ1v) is 11.9. The Balaban J connectivity index is 1.92. The molecule has 1 amide bonds. The Hall–Kier alpha value is -3.87. The number of carbonyl (C=O) groups excluding carboxylic acids is 1. The summed E-state index contributed by atoms with van der Waals surface area (Å²) in [6.45, 7) is 0. The van der Waals surface area contributed by atoms with E-state index >= 15 is 0 Å². The lowest BCUT2D eigenvalue weighted by Crippen LogP contribution is -2.29. The summed E-state index contributed by atoms with van der Waals surface area (Å²) in [4.78, 5) is 12.2. The lowest BCUT2D eigenvalue weighted by molar-refractivity contribution is 0.0981. The molecule has 0 aliphatic carbocycles. The molecule has 8 nitrogen and oxygen atoms in total. The monoisotopic (exact) mass is 480 g/mol. The molecule has 4 rings (SSSR count). The topological polar surface area (TPSA) is 114 Å². The third-order valence-corrected chi connectivity index (χ3v) is 5.68. The van der Waals surface area contributed by atoms with Crippen LogP contribution in [0.4, 0.5) is 0 Å². The molecule has 0 atom stereocenters. The fraction of sp³-hybridized carbons (Fsp3) is 0.0870. The first-order chi connectivity index (χ1) is 15.7. The third-order valence-electron chi connectivity index (χ3n) is 4.89. The van der Waals surface area contributed by atoms with Gasteiger partial charge in [-0.15, -0.1) is 0 Å². The smallest absolute Gasteiger partial charge is 0.264 e. The number of aromatic nitrogens is 2. The fourth-order valence-electron chi connectivity index (χ4n) is 3.49. The Morgan fingerprint density at radius 2 is 1.91 bits per heavy atom. The van der Waals surface area contributed by atoms with Gasteiger partial charge in [0.05, 0.1) is 30.1 Å². The highest BCUT2D eigenvalue weighted by molar-refractivity contribution is 7.89. The molecule has 1 aromatic heterocycles. The SMILES string of the molecule is COc1ccccc1-c1nn(-c2ccc(C(=O)NS(C)(=O)=O)cc2C#N)c2ccc(Cl)cc12. The van der Waals surface area contributed by atoms with E-state index in [4.69, 9.17) is 21.4 Å². The van der Waals surface area contributed by atoms with Crippen LogP contribution in [0.1, 0.15) is 15.9 Å². The highest BCUT2D eigenvalue weighted by atomic mass is 35.5. The maximum absolute atomic E-state index is 12.2. The number of ether oxygens (including phenoxy) is 1. The van der Waals surface area contributed by atoms with E-state index in [0.717, 1.165) is 17.2 Å². The summed E-state index contributed by atoms with van der Waals surface area (Å²) >= 11 is 6.26. The Bertz CT molecular complexity index is 1550. The van der Waals surface area contributed by atoms with Crippen molar-refractivity contribution in [2.24, 2.45) is 0 Å². The summed E-state index contributed by atoms with van der Waals surface area (Å²) in [6, 6.07) is 19.0. The number of nitrogens with zero attached hydrogens (tertiary/aromatic N) is 3. The van der Waals surface area contributed by atoms with Crippen LogP contribution in [0.25, 0.3) is 27.8 Å². The number of hydrogen-bond donors (Lipinski definition) is 1. The Kier molecular flexibility index (Phi) is 5.80. The van der Waals surface area contributed by atoms with Gasteiger partial charge in [-0.25, -0.2) is 17.8 Å². The number of nitriles is 1. The minimum absolute atomic E-state index is 0.0326. The molecular weight excluding hydrogens is 464 g/mol. The van der Waals surface area contributed by atoms with Crippen LogP contribution >= 0.6 is 11.6 Å². The highest BCUT2D eigenvalue weighted by Gasteiger charge is 2.20. The van der Waals surface area contributed by atoms with Crippen LogP contribution in [0.15, 0.2) is 60.7 Å². The van der Waals surface area contributed by atoms with Crippen molar-refractivity contribution in [1.29, 1.82) is 5.26 Å². The summed E-state index contributed by atoms with van der Waals surface area (Å²) in [5, 5.41) is 15.8. The number of sulfonamides is 1. The number of hydrogen-bond acceptors (Lipinski definition) is 6. The van der Waals surface area contributed by atoms with Gasteiger partial charge in [-0.2, -0.15) is 10.4 Å². The molecule has 1 N–H and O–H groups in total. The number of fused-ring (bicyclic) bond motifs is 1. The van der Waals surface area contributed by atoms with E-state index < -0.39 is 15.9 Å². The predicted octanol–water partition coefficient (Wildman–Crippen LogP) is 3.92. The second-order valence-corrected chi connectivity index (χ2v) is 9.35. The predicted molar refractivity (Wildman–Crippen MR) is 125 cm³/mol. The zero-order valence-corrected chi connectivity index (χ0v) is 19.1. The number of methoxy groups -OCH3 is 1. The summed E-state index contributed by atoms with van der Waals surface area (Å²) in [6.07, 6.45) is 0.880. The Morgan fingerprint density at radius 3 is 2.61 bits per heavy atom. The number of para-hydroxylation sites is 1. The normalized spacial score (nSPS) is 11.2. The van der Waals surface area contributed by atoms with Gasteiger partial charge < -0.3 is 4.74 Å². The van der Waals surface area contributed by atoms with Crippen LogP contribution in [0.3, 0.4) is 0 Å². The van der Waals surface area contributed by atoms with E-state index in [1.807, 2.05) is 29.0 Å². The van der Waals surface area contributed by atoms with E-state index in [-0.39, 0.29) is 11.1 Å². The first-order valence-electron chi connectivity index (χ1n) is 9.60. The Morgan fingerprint density at radius 1 is 1.15 bits per heavy atom. The molecule has 33 heavy (non-hydrogen) atoms. The van der Waals surface area contributed by atoms with Gasteiger partial charge in [0.25, 0.3) is 5.91 Å². The molecule has 0 bridgehead atoms. The molecule has 0 aliphatic heterocycles. The lowest BCUT2D eigenvalue weighted by atomic mass is 10.1. The van der Waals surface area contributed by atoms with Crippen LogP contribution < -0.4 is 9.46 Å². The summed E-state index contributed by atoms with van der Waals surface area (Å²) < 4.78 is 31.8. The van der Waals surface area contributed by atoms with Crippen molar-refractivity contribution in [3.05, 3.63) is 76.8 Å². The molecule has 0 fully saturated rings. The number of benzene rings is 3. The standard InChI is InChI=1S/C23H17ClN4O4S/c1-32-21-6-4-3-5-17(21)22-18-12-16(24)8-10-20(18)28(26-22)19-9-7-14(11-15(19)13-25)23(29)27-33(2,30)31/h3-12H,1-2H3,(H,27,29). The van der Waals surface area contributed by atoms with Gasteiger partial charge in [0.2, 0.25) is 10.0 Å². The van der Waals surface area contributed by atoms with Crippen molar-refractivity contribution in [3.8, 4) is 28.8 Å². The largest absolute Gasteiger partial charge is 0.496 e. The molecule has 10 heteroatoms. The molecule has 166 valence electrons. The lowest BCUT2D eigenvalue weighted by Gasteiger charge is -2.09. The number of nitrogens with one attached hydrogen (secondary N) is 1. The molecule has 1 heterocycles. The average Bonchev–Trinajstić information content (AvgIpc) is 3.15. The second kappa shape index (κ2) is 8.58. The molecule has 0 radical (unpaired) electrons. The molecule has 4 aromatic rings. The van der Waals surface area contributed by atoms with Crippen molar-refractivity contribution in [2.75, 3.05) is 13.4 Å². The number of rotatable bonds is 5. The summed E-state index contributed by atoms with van der Waals surface area (Å²) in [7, 11) is -2.18. The number of halogens is 1. The number of amides is 1. The van der Waals surface area contributed by atoms with E-state index in [9.17, 15) is 18.5 Å². The second-order valence-electron chi connectivity index (χ2n) is 7.17. The van der Waals surface area contributed by atoms with Gasteiger partial charge in [0.15, 0.2) is 0 Å².